The maximum atomic E-state index is 13.2. The van der Waals surface area contributed by atoms with Crippen LogP contribution in [0.15, 0.2) is 59.5 Å². The van der Waals surface area contributed by atoms with Crippen LogP contribution in [0.1, 0.15) is 31.8 Å². The van der Waals surface area contributed by atoms with Gasteiger partial charge in [-0.25, -0.2) is 13.2 Å². The van der Waals surface area contributed by atoms with Crippen LogP contribution in [0, 0.1) is 13.8 Å². The fourth-order valence-corrected chi connectivity index (χ4v) is 4.69. The van der Waals surface area contributed by atoms with Gasteiger partial charge in [-0.15, -0.1) is 0 Å². The van der Waals surface area contributed by atoms with Gasteiger partial charge >= 0.3 is 5.97 Å². The van der Waals surface area contributed by atoms with Gasteiger partial charge in [-0.3, -0.25) is 9.52 Å². The number of carboxylic acids is 1. The first kappa shape index (κ1) is 24.6. The molecule has 3 rings (SSSR count). The Hall–Kier alpha value is -4.05. The molecule has 0 aromatic heterocycles. The predicted molar refractivity (Wildman–Crippen MR) is 128 cm³/mol. The Morgan fingerprint density at radius 2 is 1.44 bits per heavy atom. The molecule has 3 N–H and O–H groups in total. The van der Waals surface area contributed by atoms with Gasteiger partial charge in [0.2, 0.25) is 0 Å². The maximum Gasteiger partial charge on any atom is 0.335 e. The van der Waals surface area contributed by atoms with E-state index in [9.17, 15) is 23.1 Å². The van der Waals surface area contributed by atoms with Crippen LogP contribution in [0.25, 0.3) is 0 Å². The minimum Gasteiger partial charge on any atom is -0.494 e. The third-order valence-corrected chi connectivity index (χ3v) is 6.70. The molecule has 0 unspecified atom stereocenters. The summed E-state index contributed by atoms with van der Waals surface area (Å²) in [6.45, 7) is 3.23. The van der Waals surface area contributed by atoms with Crippen molar-refractivity contribution >= 4 is 33.3 Å². The zero-order valence-corrected chi connectivity index (χ0v) is 19.8. The normalized spacial score (nSPS) is 10.9. The highest BCUT2D eigenvalue weighted by molar-refractivity contribution is 7.92. The van der Waals surface area contributed by atoms with E-state index in [0.29, 0.717) is 16.7 Å². The number of aromatic carboxylic acids is 1. The molecule has 178 valence electrons. The van der Waals surface area contributed by atoms with E-state index in [1.807, 2.05) is 0 Å². The number of hydrogen-bond donors (Lipinski definition) is 3. The molecule has 0 saturated heterocycles. The zero-order chi connectivity index (χ0) is 25.0. The molecule has 0 heterocycles. The first-order chi connectivity index (χ1) is 16.1. The van der Waals surface area contributed by atoms with Crippen molar-refractivity contribution in [2.75, 3.05) is 24.3 Å². The second-order valence-electron chi connectivity index (χ2n) is 7.40. The molecule has 3 aromatic rings. The molecule has 1 amide bonds. The molecule has 0 atom stereocenters. The minimum atomic E-state index is -4.20. The van der Waals surface area contributed by atoms with Crippen LogP contribution in [0.5, 0.6) is 11.5 Å². The van der Waals surface area contributed by atoms with Crippen molar-refractivity contribution in [1.82, 2.24) is 0 Å². The quantitative estimate of drug-likeness (QED) is 0.439. The summed E-state index contributed by atoms with van der Waals surface area (Å²) in [5.41, 5.74) is 1.54. The predicted octanol–water partition coefficient (Wildman–Crippen LogP) is 4.07. The fourth-order valence-electron chi connectivity index (χ4n) is 3.29. The SMILES string of the molecule is COc1cc(NS(=O)(=O)c2cc(C(=O)O)cc(C)c2C)c(OC)cc1NC(=O)c1ccccc1. The summed E-state index contributed by atoms with van der Waals surface area (Å²) in [6.07, 6.45) is 0. The molecule has 0 aliphatic rings. The molecule has 0 spiro atoms. The number of carbonyl (C=O) groups excluding carboxylic acids is 1. The Morgan fingerprint density at radius 3 is 2.03 bits per heavy atom. The number of sulfonamides is 1. The number of methoxy groups -OCH3 is 2. The maximum absolute atomic E-state index is 13.2. The second kappa shape index (κ2) is 9.84. The number of nitrogens with one attached hydrogen (secondary N) is 2. The number of hydrogen-bond acceptors (Lipinski definition) is 6. The molecule has 34 heavy (non-hydrogen) atoms. The number of aryl methyl sites for hydroxylation is 1. The molecule has 9 nitrogen and oxygen atoms in total. The van der Waals surface area contributed by atoms with Crippen LogP contribution >= 0.6 is 0 Å². The number of rotatable bonds is 8. The lowest BCUT2D eigenvalue weighted by atomic mass is 10.1. The van der Waals surface area contributed by atoms with Gasteiger partial charge in [0.05, 0.1) is 36.1 Å². The number of anilines is 2. The van der Waals surface area contributed by atoms with Gasteiger partial charge in [-0.05, 0) is 49.2 Å². The van der Waals surface area contributed by atoms with E-state index in [1.54, 1.807) is 44.2 Å². The lowest BCUT2D eigenvalue weighted by molar-refractivity contribution is 0.0696. The fraction of sp³-hybridized carbons (Fsp3) is 0.167. The first-order valence-electron chi connectivity index (χ1n) is 10.1. The molecule has 0 saturated carbocycles. The van der Waals surface area contributed by atoms with Crippen molar-refractivity contribution in [1.29, 1.82) is 0 Å². The second-order valence-corrected chi connectivity index (χ2v) is 9.05. The molecule has 0 bridgehead atoms. The summed E-state index contributed by atoms with van der Waals surface area (Å²) in [5, 5.41) is 12.1. The lowest BCUT2D eigenvalue weighted by Crippen LogP contribution is -2.17. The largest absolute Gasteiger partial charge is 0.494 e. The van der Waals surface area contributed by atoms with E-state index in [-0.39, 0.29) is 39.2 Å². The summed E-state index contributed by atoms with van der Waals surface area (Å²) in [6, 6.07) is 13.9. The van der Waals surface area contributed by atoms with E-state index in [0.717, 1.165) is 6.07 Å². The highest BCUT2D eigenvalue weighted by atomic mass is 32.2. The van der Waals surface area contributed by atoms with Gasteiger partial charge in [0.15, 0.2) is 0 Å². The van der Waals surface area contributed by atoms with Crippen molar-refractivity contribution in [3.63, 3.8) is 0 Å². The number of benzene rings is 3. The first-order valence-corrected chi connectivity index (χ1v) is 11.6. The van der Waals surface area contributed by atoms with Crippen molar-refractivity contribution in [3.8, 4) is 11.5 Å². The summed E-state index contributed by atoms with van der Waals surface area (Å²) in [4.78, 5) is 23.8. The van der Waals surface area contributed by atoms with Crippen LogP contribution in [0.4, 0.5) is 11.4 Å². The number of amides is 1. The van der Waals surface area contributed by atoms with Crippen molar-refractivity contribution in [3.05, 3.63) is 76.9 Å². The Kier molecular flexibility index (Phi) is 7.11. The number of carbonyl (C=O) groups is 2. The topological polar surface area (TPSA) is 131 Å². The van der Waals surface area contributed by atoms with Crippen molar-refractivity contribution in [2.24, 2.45) is 0 Å². The standard InChI is InChI=1S/C24H24N2O7S/c1-14-10-17(24(28)29)11-22(15(14)2)34(30,31)26-19-13-20(32-3)18(12-21(19)33-4)25-23(27)16-8-6-5-7-9-16/h5-13,26H,1-4H3,(H,25,27)(H,28,29). The molecular formula is C24H24N2O7S. The highest BCUT2D eigenvalue weighted by Crippen LogP contribution is 2.38. The Labute approximate surface area is 197 Å². The van der Waals surface area contributed by atoms with Gasteiger partial charge in [0.1, 0.15) is 11.5 Å². The van der Waals surface area contributed by atoms with Crippen molar-refractivity contribution in [2.45, 2.75) is 18.7 Å². The highest BCUT2D eigenvalue weighted by Gasteiger charge is 2.24. The van der Waals surface area contributed by atoms with E-state index in [1.165, 1.54) is 32.4 Å². The molecule has 0 aliphatic heterocycles. The van der Waals surface area contributed by atoms with Crippen molar-refractivity contribution < 1.29 is 32.6 Å². The van der Waals surface area contributed by atoms with E-state index in [4.69, 9.17) is 9.47 Å². The van der Waals surface area contributed by atoms with E-state index < -0.39 is 16.0 Å². The summed E-state index contributed by atoms with van der Waals surface area (Å²) < 4.78 is 39.5. The number of ether oxygens (including phenoxy) is 2. The van der Waals surface area contributed by atoms with Crippen LogP contribution in [0.2, 0.25) is 0 Å². The molecular weight excluding hydrogens is 460 g/mol. The van der Waals surface area contributed by atoms with Gasteiger partial charge in [-0.2, -0.15) is 0 Å². The minimum absolute atomic E-state index is 0.0508. The zero-order valence-electron chi connectivity index (χ0n) is 19.0. The van der Waals surface area contributed by atoms with Crippen LogP contribution in [0.3, 0.4) is 0 Å². The summed E-state index contributed by atoms with van der Waals surface area (Å²) in [5.74, 6) is -1.31. The third-order valence-electron chi connectivity index (χ3n) is 5.21. The van der Waals surface area contributed by atoms with Crippen LogP contribution in [-0.2, 0) is 10.0 Å². The van der Waals surface area contributed by atoms with Gasteiger partial charge in [-0.1, -0.05) is 18.2 Å². The molecule has 3 aromatic carbocycles. The van der Waals surface area contributed by atoms with Gasteiger partial charge in [0, 0.05) is 17.7 Å². The Bertz CT molecular complexity index is 1350. The third kappa shape index (κ3) is 5.12. The van der Waals surface area contributed by atoms with E-state index in [2.05, 4.69) is 10.0 Å². The summed E-state index contributed by atoms with van der Waals surface area (Å²) >= 11 is 0. The summed E-state index contributed by atoms with van der Waals surface area (Å²) in [7, 11) is -1.47. The Balaban J connectivity index is 2.01. The van der Waals surface area contributed by atoms with E-state index >= 15 is 0 Å². The van der Waals surface area contributed by atoms with Crippen LogP contribution < -0.4 is 19.5 Å². The molecule has 0 aliphatic carbocycles. The Morgan fingerprint density at radius 1 is 0.853 bits per heavy atom. The average Bonchev–Trinajstić information content (AvgIpc) is 2.81. The van der Waals surface area contributed by atoms with Gasteiger partial charge < -0.3 is 19.9 Å². The monoisotopic (exact) mass is 484 g/mol. The number of carboxylic acid groups (broad SMARTS) is 1. The molecule has 10 heteroatoms. The average molecular weight is 485 g/mol. The lowest BCUT2D eigenvalue weighted by Gasteiger charge is -2.18. The van der Waals surface area contributed by atoms with Crippen LogP contribution in [-0.4, -0.2) is 39.6 Å². The van der Waals surface area contributed by atoms with Gasteiger partial charge in [0.25, 0.3) is 15.9 Å². The molecule has 0 radical (unpaired) electrons. The molecule has 0 fully saturated rings. The smallest absolute Gasteiger partial charge is 0.335 e.